The minimum atomic E-state index is -0.517. The van der Waals surface area contributed by atoms with Gasteiger partial charge in [-0.1, -0.05) is 12.1 Å². The number of nitrogens with zero attached hydrogens (tertiary/aromatic N) is 5. The van der Waals surface area contributed by atoms with Crippen molar-refractivity contribution in [2.45, 2.75) is 6.92 Å². The summed E-state index contributed by atoms with van der Waals surface area (Å²) in [7, 11) is 0. The second-order valence-electron chi connectivity index (χ2n) is 7.65. The largest absolute Gasteiger partial charge is 0.335 e. The summed E-state index contributed by atoms with van der Waals surface area (Å²) in [5.74, 6) is -0.511. The number of fused-ring (bicyclic) bond motifs is 2. The zero-order valence-corrected chi connectivity index (χ0v) is 17.3. The first-order valence-electron chi connectivity index (χ1n) is 10.1. The second-order valence-corrected chi connectivity index (χ2v) is 7.65. The van der Waals surface area contributed by atoms with Crippen LogP contribution in [-0.2, 0) is 0 Å². The fourth-order valence-electron chi connectivity index (χ4n) is 3.96. The molecule has 9 heteroatoms. The Kier molecular flexibility index (Phi) is 4.22. The number of nitrogens with one attached hydrogen (secondary N) is 2. The molecule has 0 atom stereocenters. The van der Waals surface area contributed by atoms with Crippen molar-refractivity contribution in [1.82, 2.24) is 35.1 Å². The van der Waals surface area contributed by atoms with Crippen LogP contribution < -0.4 is 0 Å². The second kappa shape index (κ2) is 7.27. The summed E-state index contributed by atoms with van der Waals surface area (Å²) in [6.07, 6.45) is 8.02. The molecule has 6 aromatic rings. The van der Waals surface area contributed by atoms with Gasteiger partial charge in [-0.2, -0.15) is 5.10 Å². The predicted octanol–water partition coefficient (Wildman–Crippen LogP) is 5.21. The Morgan fingerprint density at radius 1 is 0.879 bits per heavy atom. The van der Waals surface area contributed by atoms with Gasteiger partial charge in [-0.05, 0) is 36.2 Å². The Balaban J connectivity index is 1.56. The zero-order valence-electron chi connectivity index (χ0n) is 17.3. The molecular weight excluding hydrogens is 424 g/mol. The zero-order chi connectivity index (χ0) is 22.5. The van der Waals surface area contributed by atoms with Gasteiger partial charge in [-0.25, -0.2) is 13.8 Å². The topological polar surface area (TPSA) is 96.0 Å². The highest BCUT2D eigenvalue weighted by molar-refractivity contribution is 5.97. The summed E-state index contributed by atoms with van der Waals surface area (Å²) in [6, 6.07) is 8.01. The number of hydrogen-bond donors (Lipinski definition) is 2. The number of H-pyrrole nitrogens is 2. The van der Waals surface area contributed by atoms with Crippen LogP contribution in [0.2, 0.25) is 0 Å². The van der Waals surface area contributed by atoms with Gasteiger partial charge in [0.25, 0.3) is 0 Å². The van der Waals surface area contributed by atoms with Gasteiger partial charge >= 0.3 is 0 Å². The molecule has 6 rings (SSSR count). The fraction of sp³-hybridized carbons (Fsp3) is 0.0417. The molecule has 7 nitrogen and oxygen atoms in total. The monoisotopic (exact) mass is 439 g/mol. The number of aromatic amines is 2. The number of rotatable bonds is 3. The average molecular weight is 439 g/mol. The molecule has 1 aromatic carbocycles. The maximum Gasteiger partial charge on any atom is 0.161 e. The van der Waals surface area contributed by atoms with Crippen molar-refractivity contribution in [2.24, 2.45) is 0 Å². The van der Waals surface area contributed by atoms with Gasteiger partial charge in [0, 0.05) is 29.7 Å². The van der Waals surface area contributed by atoms with Crippen LogP contribution in [0.5, 0.6) is 0 Å². The van der Waals surface area contributed by atoms with Crippen molar-refractivity contribution >= 4 is 21.9 Å². The molecular formula is C24H15F2N7. The van der Waals surface area contributed by atoms with E-state index in [0.29, 0.717) is 44.8 Å². The van der Waals surface area contributed by atoms with E-state index in [4.69, 9.17) is 0 Å². The molecule has 5 heterocycles. The number of benzene rings is 1. The van der Waals surface area contributed by atoms with E-state index in [2.05, 4.69) is 35.1 Å². The van der Waals surface area contributed by atoms with E-state index in [1.54, 1.807) is 49.2 Å². The van der Waals surface area contributed by atoms with Gasteiger partial charge in [-0.3, -0.25) is 20.1 Å². The third-order valence-electron chi connectivity index (χ3n) is 5.59. The molecule has 0 radical (unpaired) electrons. The quantitative estimate of drug-likeness (QED) is 0.395. The Labute approximate surface area is 185 Å². The highest BCUT2D eigenvalue weighted by atomic mass is 19.1. The van der Waals surface area contributed by atoms with E-state index in [1.807, 2.05) is 6.92 Å². The number of halogens is 2. The average Bonchev–Trinajstić information content (AvgIpc) is 3.44. The maximum absolute atomic E-state index is 15.7. The van der Waals surface area contributed by atoms with Gasteiger partial charge < -0.3 is 4.98 Å². The summed E-state index contributed by atoms with van der Waals surface area (Å²) in [4.78, 5) is 20.5. The van der Waals surface area contributed by atoms with Crippen LogP contribution in [0.25, 0.3) is 55.8 Å². The lowest BCUT2D eigenvalue weighted by Crippen LogP contribution is -1.94. The standard InChI is InChI=1S/C24H15F2N7/c1-12-5-6-27-8-15(12)22-20(26)19-17(11-29-22)32-33-23(19)24-30-18-10-28-9-16(21(18)31-24)13-3-2-4-14(25)7-13/h2-11H,1H3,(H,30,31)(H,32,33). The highest BCUT2D eigenvalue weighted by Gasteiger charge is 2.21. The van der Waals surface area contributed by atoms with Crippen LogP contribution in [0.4, 0.5) is 8.78 Å². The molecule has 160 valence electrons. The van der Waals surface area contributed by atoms with E-state index >= 15 is 4.39 Å². The van der Waals surface area contributed by atoms with Crippen LogP contribution >= 0.6 is 0 Å². The number of imidazole rings is 1. The highest BCUT2D eigenvalue weighted by Crippen LogP contribution is 2.34. The number of aryl methyl sites for hydroxylation is 1. The lowest BCUT2D eigenvalue weighted by Gasteiger charge is -2.06. The number of pyridine rings is 3. The van der Waals surface area contributed by atoms with E-state index in [0.717, 1.165) is 5.56 Å². The first kappa shape index (κ1) is 19.2. The predicted molar refractivity (Wildman–Crippen MR) is 120 cm³/mol. The molecule has 0 aliphatic heterocycles. The molecule has 0 unspecified atom stereocenters. The van der Waals surface area contributed by atoms with Crippen molar-refractivity contribution in [3.63, 3.8) is 0 Å². The third-order valence-corrected chi connectivity index (χ3v) is 5.59. The smallest absolute Gasteiger partial charge is 0.161 e. The van der Waals surface area contributed by atoms with Crippen LogP contribution in [0.1, 0.15) is 5.56 Å². The summed E-state index contributed by atoms with van der Waals surface area (Å²) < 4.78 is 29.5. The number of hydrogen-bond acceptors (Lipinski definition) is 5. The molecule has 0 aliphatic rings. The van der Waals surface area contributed by atoms with Crippen molar-refractivity contribution < 1.29 is 8.78 Å². The first-order valence-corrected chi connectivity index (χ1v) is 10.1. The fourth-order valence-corrected chi connectivity index (χ4v) is 3.96. The van der Waals surface area contributed by atoms with Gasteiger partial charge in [-0.15, -0.1) is 0 Å². The molecule has 33 heavy (non-hydrogen) atoms. The van der Waals surface area contributed by atoms with Gasteiger partial charge in [0.05, 0.1) is 34.3 Å². The lowest BCUT2D eigenvalue weighted by molar-refractivity contribution is 0.628. The molecule has 0 aliphatic carbocycles. The molecule has 0 saturated carbocycles. The molecule has 0 spiro atoms. The van der Waals surface area contributed by atoms with Crippen molar-refractivity contribution in [1.29, 1.82) is 0 Å². The van der Waals surface area contributed by atoms with Crippen LogP contribution in [0.15, 0.2) is 61.3 Å². The molecule has 0 saturated heterocycles. The van der Waals surface area contributed by atoms with Crippen LogP contribution in [0, 0.1) is 18.6 Å². The molecule has 2 N–H and O–H groups in total. The Hall–Kier alpha value is -4.53. The Morgan fingerprint density at radius 3 is 2.61 bits per heavy atom. The Morgan fingerprint density at radius 2 is 1.76 bits per heavy atom. The van der Waals surface area contributed by atoms with E-state index in [9.17, 15) is 4.39 Å². The summed E-state index contributed by atoms with van der Waals surface area (Å²) in [6.45, 7) is 1.87. The minimum Gasteiger partial charge on any atom is -0.335 e. The van der Waals surface area contributed by atoms with E-state index in [-0.39, 0.29) is 16.9 Å². The van der Waals surface area contributed by atoms with Gasteiger partial charge in [0.2, 0.25) is 0 Å². The third kappa shape index (κ3) is 3.05. The molecule has 0 amide bonds. The summed E-state index contributed by atoms with van der Waals surface area (Å²) in [5.41, 5.74) is 4.91. The molecule has 0 bridgehead atoms. The first-order chi connectivity index (χ1) is 16.1. The SMILES string of the molecule is Cc1ccncc1-c1ncc2[nH]nc(-c3nc4c(-c5cccc(F)c5)cncc4[nH]3)c2c1F. The van der Waals surface area contributed by atoms with Crippen LogP contribution in [-0.4, -0.2) is 35.1 Å². The van der Waals surface area contributed by atoms with E-state index < -0.39 is 5.82 Å². The maximum atomic E-state index is 15.7. The Bertz CT molecular complexity index is 1670. The number of aromatic nitrogens is 7. The molecule has 0 fully saturated rings. The van der Waals surface area contributed by atoms with Crippen molar-refractivity contribution in [2.75, 3.05) is 0 Å². The van der Waals surface area contributed by atoms with E-state index in [1.165, 1.54) is 12.1 Å². The van der Waals surface area contributed by atoms with Gasteiger partial charge in [0.1, 0.15) is 17.2 Å². The normalized spacial score (nSPS) is 11.5. The summed E-state index contributed by atoms with van der Waals surface area (Å²) >= 11 is 0. The molecule has 5 aromatic heterocycles. The van der Waals surface area contributed by atoms with Crippen molar-refractivity contribution in [3.8, 4) is 33.9 Å². The van der Waals surface area contributed by atoms with Gasteiger partial charge in [0.15, 0.2) is 11.6 Å². The lowest BCUT2D eigenvalue weighted by atomic mass is 10.1. The van der Waals surface area contributed by atoms with Crippen LogP contribution in [0.3, 0.4) is 0 Å². The minimum absolute atomic E-state index is 0.189. The summed E-state index contributed by atoms with van der Waals surface area (Å²) in [5, 5.41) is 7.39. The van der Waals surface area contributed by atoms with Crippen molar-refractivity contribution in [3.05, 3.63) is 78.5 Å².